The van der Waals surface area contributed by atoms with Crippen LogP contribution in [0.3, 0.4) is 0 Å². The number of amides is 1. The van der Waals surface area contributed by atoms with Crippen molar-refractivity contribution in [3.05, 3.63) is 28.0 Å². The van der Waals surface area contributed by atoms with Gasteiger partial charge in [-0.2, -0.15) is 0 Å². The predicted octanol–water partition coefficient (Wildman–Crippen LogP) is 0.540. The minimum atomic E-state index is -0.872. The van der Waals surface area contributed by atoms with Crippen LogP contribution in [0.5, 0.6) is 5.88 Å². The van der Waals surface area contributed by atoms with Gasteiger partial charge in [0.15, 0.2) is 5.88 Å². The lowest BCUT2D eigenvalue weighted by Crippen LogP contribution is -2.42. The maximum atomic E-state index is 11.8. The Kier molecular flexibility index (Phi) is 4.54. The van der Waals surface area contributed by atoms with E-state index in [0.29, 0.717) is 0 Å². The van der Waals surface area contributed by atoms with Gasteiger partial charge in [-0.1, -0.05) is 0 Å². The van der Waals surface area contributed by atoms with Gasteiger partial charge in [-0.15, -0.1) is 0 Å². The molecule has 110 valence electrons. The number of H-pyrrole nitrogens is 1. The molecule has 1 aromatic heterocycles. The molecule has 0 radical (unpaired) electrons. The molecule has 0 aliphatic carbocycles. The fraction of sp³-hybridized carbons (Fsp3) is 0.462. The number of rotatable bonds is 3. The van der Waals surface area contributed by atoms with Crippen LogP contribution < -0.4 is 10.9 Å². The zero-order valence-electron chi connectivity index (χ0n) is 11.8. The van der Waals surface area contributed by atoms with Gasteiger partial charge in [-0.05, 0) is 27.7 Å². The third-order valence-electron chi connectivity index (χ3n) is 2.20. The molecule has 20 heavy (non-hydrogen) atoms. The second-order valence-corrected chi connectivity index (χ2v) is 5.35. The number of nitrogens with one attached hydrogen (secondary N) is 2. The summed E-state index contributed by atoms with van der Waals surface area (Å²) in [4.78, 5) is 36.8. The van der Waals surface area contributed by atoms with E-state index >= 15 is 0 Å². The van der Waals surface area contributed by atoms with Crippen molar-refractivity contribution in [3.63, 3.8) is 0 Å². The first-order valence-corrected chi connectivity index (χ1v) is 6.05. The molecule has 0 fully saturated rings. The molecule has 7 nitrogen and oxygen atoms in total. The summed E-state index contributed by atoms with van der Waals surface area (Å²) >= 11 is 0. The van der Waals surface area contributed by atoms with Crippen LogP contribution in [0.4, 0.5) is 0 Å². The number of hydrogen-bond acceptors (Lipinski definition) is 5. The van der Waals surface area contributed by atoms with Crippen molar-refractivity contribution in [2.75, 3.05) is 0 Å². The average molecular weight is 282 g/mol. The molecule has 0 bridgehead atoms. The van der Waals surface area contributed by atoms with E-state index in [1.54, 1.807) is 20.8 Å². The average Bonchev–Trinajstić information content (AvgIpc) is 2.25. The smallest absolute Gasteiger partial charge is 0.328 e. The number of carbonyl (C=O) groups is 2. The van der Waals surface area contributed by atoms with Crippen molar-refractivity contribution in [1.29, 1.82) is 0 Å². The van der Waals surface area contributed by atoms with Crippen LogP contribution in [0.2, 0.25) is 0 Å². The first-order chi connectivity index (χ1) is 9.08. The van der Waals surface area contributed by atoms with Gasteiger partial charge in [-0.25, -0.2) is 4.79 Å². The zero-order chi connectivity index (χ0) is 15.5. The Labute approximate surface area is 116 Å². The Bertz CT molecular complexity index is 571. The first kappa shape index (κ1) is 15.7. The van der Waals surface area contributed by atoms with Crippen LogP contribution >= 0.6 is 0 Å². The molecule has 7 heteroatoms. The number of aromatic nitrogens is 1. The minimum Gasteiger partial charge on any atom is -0.494 e. The van der Waals surface area contributed by atoms with E-state index in [2.05, 4.69) is 10.3 Å². The summed E-state index contributed by atoms with van der Waals surface area (Å²) in [5.74, 6) is -1.66. The van der Waals surface area contributed by atoms with Gasteiger partial charge in [0, 0.05) is 12.1 Å². The van der Waals surface area contributed by atoms with Crippen molar-refractivity contribution >= 4 is 11.9 Å². The highest BCUT2D eigenvalue weighted by Crippen LogP contribution is 2.09. The van der Waals surface area contributed by atoms with Crippen LogP contribution in [0.15, 0.2) is 16.9 Å². The lowest BCUT2D eigenvalue weighted by atomic mass is 10.2. The van der Waals surface area contributed by atoms with Crippen LogP contribution in [0.1, 0.15) is 38.1 Å². The fourth-order valence-corrected chi connectivity index (χ4v) is 1.39. The van der Waals surface area contributed by atoms with E-state index in [0.717, 1.165) is 12.1 Å². The molecule has 1 heterocycles. The van der Waals surface area contributed by atoms with Gasteiger partial charge in [0.25, 0.3) is 11.5 Å². The van der Waals surface area contributed by atoms with Gasteiger partial charge in [0.05, 0.1) is 5.56 Å². The van der Waals surface area contributed by atoms with Gasteiger partial charge in [-0.3, -0.25) is 14.6 Å². The monoisotopic (exact) mass is 282 g/mol. The molecule has 1 rings (SSSR count). The number of esters is 1. The molecule has 0 saturated heterocycles. The summed E-state index contributed by atoms with van der Waals surface area (Å²) in [5.41, 5.74) is -1.31. The van der Waals surface area contributed by atoms with E-state index in [9.17, 15) is 19.5 Å². The Morgan fingerprint density at radius 1 is 1.35 bits per heavy atom. The molecule has 1 atom stereocenters. The van der Waals surface area contributed by atoms with Crippen molar-refractivity contribution in [1.82, 2.24) is 10.3 Å². The quantitative estimate of drug-likeness (QED) is 0.701. The Balaban J connectivity index is 2.75. The van der Waals surface area contributed by atoms with Gasteiger partial charge < -0.3 is 15.2 Å². The number of carbonyl (C=O) groups excluding carboxylic acids is 2. The summed E-state index contributed by atoms with van der Waals surface area (Å²) in [6, 6.07) is 1.25. The topological polar surface area (TPSA) is 108 Å². The summed E-state index contributed by atoms with van der Waals surface area (Å²) in [6.07, 6.45) is 0. The van der Waals surface area contributed by atoms with Crippen molar-refractivity contribution in [2.45, 2.75) is 39.3 Å². The predicted molar refractivity (Wildman–Crippen MR) is 71.5 cm³/mol. The van der Waals surface area contributed by atoms with E-state index in [4.69, 9.17) is 4.74 Å². The number of ether oxygens (including phenoxy) is 1. The Morgan fingerprint density at radius 3 is 2.45 bits per heavy atom. The molecule has 1 aromatic rings. The van der Waals surface area contributed by atoms with Crippen LogP contribution in [-0.2, 0) is 9.53 Å². The largest absolute Gasteiger partial charge is 0.494 e. The zero-order valence-corrected chi connectivity index (χ0v) is 11.8. The van der Waals surface area contributed by atoms with Crippen LogP contribution in [0.25, 0.3) is 0 Å². The SMILES string of the molecule is C[C@H](NC(=O)c1cc(O)[nH]c(=O)c1)C(=O)OC(C)(C)C. The summed E-state index contributed by atoms with van der Waals surface area (Å²) in [7, 11) is 0. The second kappa shape index (κ2) is 5.77. The summed E-state index contributed by atoms with van der Waals surface area (Å²) < 4.78 is 5.11. The van der Waals surface area contributed by atoms with Gasteiger partial charge in [0.1, 0.15) is 11.6 Å². The lowest BCUT2D eigenvalue weighted by Gasteiger charge is -2.22. The highest BCUT2D eigenvalue weighted by molar-refractivity contribution is 5.96. The molecule has 1 amide bonds. The Morgan fingerprint density at radius 2 is 1.95 bits per heavy atom. The van der Waals surface area contributed by atoms with Gasteiger partial charge in [0.2, 0.25) is 0 Å². The fourth-order valence-electron chi connectivity index (χ4n) is 1.39. The first-order valence-electron chi connectivity index (χ1n) is 6.05. The molecule has 0 spiro atoms. The van der Waals surface area contributed by atoms with Crippen molar-refractivity contribution < 1.29 is 19.4 Å². The van der Waals surface area contributed by atoms with Crippen LogP contribution in [-0.4, -0.2) is 33.6 Å². The highest BCUT2D eigenvalue weighted by Gasteiger charge is 2.23. The Hall–Kier alpha value is -2.31. The molecule has 0 aromatic carbocycles. The number of aromatic amines is 1. The summed E-state index contributed by atoms with van der Waals surface area (Å²) in [5, 5.41) is 11.6. The van der Waals surface area contributed by atoms with Crippen LogP contribution in [0, 0.1) is 0 Å². The third kappa shape index (κ3) is 4.75. The normalized spacial score (nSPS) is 12.6. The second-order valence-electron chi connectivity index (χ2n) is 5.35. The molecule has 0 aliphatic rings. The number of hydrogen-bond donors (Lipinski definition) is 3. The molecule has 0 saturated carbocycles. The maximum Gasteiger partial charge on any atom is 0.328 e. The lowest BCUT2D eigenvalue weighted by molar-refractivity contribution is -0.156. The van der Waals surface area contributed by atoms with E-state index in [1.807, 2.05) is 0 Å². The number of aromatic hydroxyl groups is 1. The highest BCUT2D eigenvalue weighted by atomic mass is 16.6. The third-order valence-corrected chi connectivity index (χ3v) is 2.20. The van der Waals surface area contributed by atoms with Crippen molar-refractivity contribution in [2.24, 2.45) is 0 Å². The van der Waals surface area contributed by atoms with Gasteiger partial charge >= 0.3 is 5.97 Å². The molecular formula is C13H18N2O5. The summed E-state index contributed by atoms with van der Waals surface area (Å²) in [6.45, 7) is 6.62. The number of pyridine rings is 1. The molecular weight excluding hydrogens is 264 g/mol. The minimum absolute atomic E-state index is 0.0401. The van der Waals surface area contributed by atoms with E-state index in [1.165, 1.54) is 6.92 Å². The molecule has 0 aliphatic heterocycles. The maximum absolute atomic E-state index is 11.8. The standard InChI is InChI=1S/C13H18N2O5/c1-7(12(19)20-13(2,3)4)14-11(18)8-5-9(16)15-10(17)6-8/h5-7H,1-4H3,(H,14,18)(H2,15,16,17)/t7-/m0/s1. The van der Waals surface area contributed by atoms with E-state index < -0.39 is 35.0 Å². The van der Waals surface area contributed by atoms with E-state index in [-0.39, 0.29) is 5.56 Å². The van der Waals surface area contributed by atoms with Crippen molar-refractivity contribution in [3.8, 4) is 5.88 Å². The molecule has 0 unspecified atom stereocenters. The molecule has 3 N–H and O–H groups in total.